The first-order chi connectivity index (χ1) is 11.5. The summed E-state index contributed by atoms with van der Waals surface area (Å²) < 4.78 is 5.31. The molecule has 2 aliphatic rings. The molecular weight excluding hydrogens is 302 g/mol. The minimum absolute atomic E-state index is 0.0230. The fourth-order valence-corrected chi connectivity index (χ4v) is 4.99. The van der Waals surface area contributed by atoms with Crippen LogP contribution in [0.3, 0.4) is 0 Å². The van der Waals surface area contributed by atoms with E-state index in [1.807, 2.05) is 30.9 Å². The zero-order valence-corrected chi connectivity index (χ0v) is 15.0. The molecule has 24 heavy (non-hydrogen) atoms. The largest absolute Gasteiger partial charge is 0.508 e. The minimum atomic E-state index is -0.194. The Morgan fingerprint density at radius 3 is 2.88 bits per heavy atom. The third kappa shape index (κ3) is 2.76. The van der Waals surface area contributed by atoms with Crippen molar-refractivity contribution in [2.75, 3.05) is 13.2 Å². The average Bonchev–Trinajstić information content (AvgIpc) is 2.56. The Morgan fingerprint density at radius 1 is 1.38 bits per heavy atom. The first-order valence-corrected chi connectivity index (χ1v) is 9.27. The van der Waals surface area contributed by atoms with Gasteiger partial charge >= 0.3 is 6.09 Å². The predicted molar refractivity (Wildman–Crippen MR) is 94.3 cm³/mol. The maximum atomic E-state index is 12.5. The molecule has 3 rings (SSSR count). The van der Waals surface area contributed by atoms with Crippen molar-refractivity contribution < 1.29 is 14.6 Å². The van der Waals surface area contributed by atoms with Crippen LogP contribution in [0, 0.1) is 5.92 Å². The highest BCUT2D eigenvalue weighted by Crippen LogP contribution is 2.51. The van der Waals surface area contributed by atoms with Crippen molar-refractivity contribution in [2.24, 2.45) is 5.92 Å². The first kappa shape index (κ1) is 17.1. The van der Waals surface area contributed by atoms with E-state index in [9.17, 15) is 9.90 Å². The van der Waals surface area contributed by atoms with Gasteiger partial charge in [-0.2, -0.15) is 0 Å². The van der Waals surface area contributed by atoms with Crippen LogP contribution in [0.2, 0.25) is 0 Å². The second-order valence-electron chi connectivity index (χ2n) is 7.37. The van der Waals surface area contributed by atoms with E-state index in [1.165, 1.54) is 24.0 Å². The molecule has 4 heteroatoms. The number of phenols is 1. The lowest BCUT2D eigenvalue weighted by Gasteiger charge is -2.52. The summed E-state index contributed by atoms with van der Waals surface area (Å²) in [5, 5.41) is 9.99. The van der Waals surface area contributed by atoms with Crippen LogP contribution < -0.4 is 0 Å². The topological polar surface area (TPSA) is 49.8 Å². The SMILES string of the molecule is CCOC(=O)N(CC)[C@H]1Cc2ccc(O)cc2[C@]2(C)CCCC[C@H]12. The summed E-state index contributed by atoms with van der Waals surface area (Å²) >= 11 is 0. The summed E-state index contributed by atoms with van der Waals surface area (Å²) in [5.41, 5.74) is 2.57. The summed E-state index contributed by atoms with van der Waals surface area (Å²) in [6.45, 7) is 7.29. The normalized spacial score (nSPS) is 28.6. The van der Waals surface area contributed by atoms with Crippen LogP contribution >= 0.6 is 0 Å². The Morgan fingerprint density at radius 2 is 2.17 bits per heavy atom. The van der Waals surface area contributed by atoms with Crippen molar-refractivity contribution >= 4 is 6.09 Å². The quantitative estimate of drug-likeness (QED) is 0.901. The molecule has 0 bridgehead atoms. The van der Waals surface area contributed by atoms with Crippen molar-refractivity contribution in [3.63, 3.8) is 0 Å². The first-order valence-electron chi connectivity index (χ1n) is 9.27. The molecule has 0 radical (unpaired) electrons. The molecule has 1 N–H and O–H groups in total. The lowest BCUT2D eigenvalue weighted by atomic mass is 9.56. The number of rotatable bonds is 3. The maximum absolute atomic E-state index is 12.5. The molecule has 1 saturated carbocycles. The zero-order chi connectivity index (χ0) is 17.3. The fourth-order valence-electron chi connectivity index (χ4n) is 4.99. The number of ether oxygens (including phenoxy) is 1. The molecule has 1 amide bonds. The van der Waals surface area contributed by atoms with Gasteiger partial charge in [0.2, 0.25) is 0 Å². The highest BCUT2D eigenvalue weighted by Gasteiger charge is 2.49. The Labute approximate surface area is 144 Å². The Kier molecular flexibility index (Phi) is 4.75. The van der Waals surface area contributed by atoms with Gasteiger partial charge in [0.1, 0.15) is 5.75 Å². The second-order valence-corrected chi connectivity index (χ2v) is 7.37. The van der Waals surface area contributed by atoms with Crippen molar-refractivity contribution in [2.45, 2.75) is 64.3 Å². The average molecular weight is 331 g/mol. The number of fused-ring (bicyclic) bond motifs is 3. The van der Waals surface area contributed by atoms with E-state index in [0.717, 1.165) is 19.3 Å². The van der Waals surface area contributed by atoms with E-state index in [4.69, 9.17) is 4.74 Å². The van der Waals surface area contributed by atoms with Crippen molar-refractivity contribution in [1.82, 2.24) is 4.90 Å². The monoisotopic (exact) mass is 331 g/mol. The van der Waals surface area contributed by atoms with Crippen LogP contribution in [0.4, 0.5) is 4.79 Å². The van der Waals surface area contributed by atoms with E-state index in [0.29, 0.717) is 24.8 Å². The lowest BCUT2D eigenvalue weighted by molar-refractivity contribution is 0.0400. The second kappa shape index (κ2) is 6.66. The van der Waals surface area contributed by atoms with Crippen LogP contribution in [0.25, 0.3) is 0 Å². The molecule has 3 atom stereocenters. The molecule has 0 saturated heterocycles. The van der Waals surface area contributed by atoms with Crippen LogP contribution in [0.5, 0.6) is 5.75 Å². The minimum Gasteiger partial charge on any atom is -0.508 e. The molecule has 0 heterocycles. The van der Waals surface area contributed by atoms with Gasteiger partial charge in [-0.1, -0.05) is 25.8 Å². The number of hydrogen-bond donors (Lipinski definition) is 1. The number of benzene rings is 1. The third-order valence-electron chi connectivity index (χ3n) is 6.13. The number of likely N-dealkylation sites (N-methyl/N-ethyl adjacent to an activating group) is 1. The molecule has 132 valence electrons. The van der Waals surface area contributed by atoms with Crippen LogP contribution in [-0.4, -0.2) is 35.3 Å². The molecule has 1 aromatic carbocycles. The molecule has 1 aromatic rings. The summed E-state index contributed by atoms with van der Waals surface area (Å²) in [6, 6.07) is 5.93. The molecule has 4 nitrogen and oxygen atoms in total. The Hall–Kier alpha value is -1.71. The highest BCUT2D eigenvalue weighted by atomic mass is 16.6. The maximum Gasteiger partial charge on any atom is 0.410 e. The van der Waals surface area contributed by atoms with E-state index in [1.54, 1.807) is 6.07 Å². The Balaban J connectivity index is 2.02. The summed E-state index contributed by atoms with van der Waals surface area (Å²) in [4.78, 5) is 14.4. The number of amides is 1. The summed E-state index contributed by atoms with van der Waals surface area (Å²) in [5.74, 6) is 0.764. The number of nitrogens with zero attached hydrogens (tertiary/aromatic N) is 1. The smallest absolute Gasteiger partial charge is 0.410 e. The standard InChI is InChI=1S/C20H29NO3/c1-4-21(19(23)24-5-2)18-12-14-9-10-15(22)13-17(14)20(3)11-7-6-8-16(18)20/h9-10,13,16,18,22H,4-8,11-12H2,1-3H3/t16-,18+,20-/m1/s1. The molecule has 1 fully saturated rings. The number of carbonyl (C=O) groups excluding carboxylic acids is 1. The Bertz CT molecular complexity index is 615. The van der Waals surface area contributed by atoms with Gasteiger partial charge in [0.25, 0.3) is 0 Å². The highest BCUT2D eigenvalue weighted by molar-refractivity contribution is 5.68. The van der Waals surface area contributed by atoms with Gasteiger partial charge in [0, 0.05) is 12.6 Å². The van der Waals surface area contributed by atoms with Crippen molar-refractivity contribution in [1.29, 1.82) is 0 Å². The van der Waals surface area contributed by atoms with Gasteiger partial charge in [-0.3, -0.25) is 0 Å². The summed E-state index contributed by atoms with van der Waals surface area (Å²) in [6.07, 6.45) is 5.32. The fraction of sp³-hybridized carbons (Fsp3) is 0.650. The van der Waals surface area contributed by atoms with Gasteiger partial charge in [0.15, 0.2) is 0 Å². The summed E-state index contributed by atoms with van der Waals surface area (Å²) in [7, 11) is 0. The van der Waals surface area contributed by atoms with Crippen LogP contribution in [0.15, 0.2) is 18.2 Å². The number of phenolic OH excluding ortho intramolecular Hbond substituents is 1. The van der Waals surface area contributed by atoms with E-state index in [-0.39, 0.29) is 17.6 Å². The molecule has 2 aliphatic carbocycles. The number of carbonyl (C=O) groups is 1. The van der Waals surface area contributed by atoms with Gasteiger partial charge in [-0.05, 0) is 67.7 Å². The lowest BCUT2D eigenvalue weighted by Crippen LogP contribution is -2.55. The van der Waals surface area contributed by atoms with Gasteiger partial charge in [-0.15, -0.1) is 0 Å². The molecular formula is C20H29NO3. The number of aromatic hydroxyl groups is 1. The zero-order valence-electron chi connectivity index (χ0n) is 15.0. The van der Waals surface area contributed by atoms with Gasteiger partial charge < -0.3 is 14.7 Å². The molecule has 0 aromatic heterocycles. The van der Waals surface area contributed by atoms with Crippen LogP contribution in [0.1, 0.15) is 57.6 Å². The van der Waals surface area contributed by atoms with E-state index in [2.05, 4.69) is 6.92 Å². The predicted octanol–water partition coefficient (Wildman–Crippen LogP) is 4.24. The van der Waals surface area contributed by atoms with Gasteiger partial charge in [-0.25, -0.2) is 4.79 Å². The molecule has 0 unspecified atom stereocenters. The van der Waals surface area contributed by atoms with Crippen molar-refractivity contribution in [3.8, 4) is 5.75 Å². The molecule has 0 spiro atoms. The van der Waals surface area contributed by atoms with Crippen molar-refractivity contribution in [3.05, 3.63) is 29.3 Å². The third-order valence-corrected chi connectivity index (χ3v) is 6.13. The van der Waals surface area contributed by atoms with Crippen LogP contribution in [-0.2, 0) is 16.6 Å². The number of hydrogen-bond acceptors (Lipinski definition) is 3. The van der Waals surface area contributed by atoms with E-state index < -0.39 is 0 Å². The van der Waals surface area contributed by atoms with Gasteiger partial charge in [0.05, 0.1) is 6.61 Å². The molecule has 0 aliphatic heterocycles. The van der Waals surface area contributed by atoms with E-state index >= 15 is 0 Å².